The first kappa shape index (κ1) is 16.2. The van der Waals surface area contributed by atoms with E-state index in [1.807, 2.05) is 0 Å². The Morgan fingerprint density at radius 3 is 2.76 bits per heavy atom. The molecule has 118 valence electrons. The van der Waals surface area contributed by atoms with Crippen molar-refractivity contribution in [2.45, 2.75) is 36.6 Å². The van der Waals surface area contributed by atoms with Crippen molar-refractivity contribution < 1.29 is 8.42 Å². The maximum atomic E-state index is 12.3. The molecular weight excluding hydrogens is 288 g/mol. The first-order valence-corrected chi connectivity index (χ1v) is 8.84. The Balaban J connectivity index is 1.92. The minimum Gasteiger partial charge on any atom is -0.387 e. The molecule has 1 aliphatic rings. The summed E-state index contributed by atoms with van der Waals surface area (Å²) in [7, 11) is 0.236. The van der Waals surface area contributed by atoms with E-state index in [1.165, 1.54) is 31.9 Å². The standard InChI is InChI=1S/C14H24N4O2S/c1-15-13-7-8-16-11-14(13)21(19,20)17-9-10-18(2)12-5-3-4-6-12/h7-8,11-12,17H,3-6,9-10H2,1-2H3,(H,15,16). The molecule has 0 atom stereocenters. The molecule has 7 heteroatoms. The molecule has 0 aromatic carbocycles. The van der Waals surface area contributed by atoms with E-state index in [0.717, 1.165) is 6.54 Å². The number of nitrogens with one attached hydrogen (secondary N) is 2. The molecule has 0 unspecified atom stereocenters. The zero-order valence-electron chi connectivity index (χ0n) is 12.7. The van der Waals surface area contributed by atoms with E-state index in [9.17, 15) is 8.42 Å². The van der Waals surface area contributed by atoms with Crippen LogP contribution in [-0.4, -0.2) is 51.5 Å². The van der Waals surface area contributed by atoms with Gasteiger partial charge in [-0.2, -0.15) is 0 Å². The van der Waals surface area contributed by atoms with E-state index in [4.69, 9.17) is 0 Å². The van der Waals surface area contributed by atoms with Gasteiger partial charge in [0, 0.05) is 38.6 Å². The van der Waals surface area contributed by atoms with E-state index in [-0.39, 0.29) is 4.90 Å². The zero-order valence-corrected chi connectivity index (χ0v) is 13.5. The van der Waals surface area contributed by atoms with Crippen LogP contribution < -0.4 is 10.0 Å². The maximum Gasteiger partial charge on any atom is 0.244 e. The SMILES string of the molecule is CNc1ccncc1S(=O)(=O)NCCN(C)C1CCCC1. The minimum absolute atomic E-state index is 0.191. The predicted molar refractivity (Wildman–Crippen MR) is 83.9 cm³/mol. The molecule has 1 heterocycles. The number of rotatable bonds is 7. The Morgan fingerprint density at radius 2 is 2.10 bits per heavy atom. The number of likely N-dealkylation sites (N-methyl/N-ethyl adjacent to an activating group) is 1. The van der Waals surface area contributed by atoms with Crippen LogP contribution in [0.5, 0.6) is 0 Å². The molecule has 6 nitrogen and oxygen atoms in total. The van der Waals surface area contributed by atoms with Gasteiger partial charge in [-0.3, -0.25) is 4.98 Å². The number of pyridine rings is 1. The Bertz CT molecular complexity index is 556. The molecule has 2 N–H and O–H groups in total. The molecule has 21 heavy (non-hydrogen) atoms. The summed E-state index contributed by atoms with van der Waals surface area (Å²) in [4.78, 5) is 6.33. The normalized spacial score (nSPS) is 16.5. The van der Waals surface area contributed by atoms with E-state index in [1.54, 1.807) is 19.3 Å². The van der Waals surface area contributed by atoms with Gasteiger partial charge in [-0.25, -0.2) is 13.1 Å². The second-order valence-electron chi connectivity index (χ2n) is 5.44. The van der Waals surface area contributed by atoms with Crippen LogP contribution in [0.1, 0.15) is 25.7 Å². The fourth-order valence-electron chi connectivity index (χ4n) is 2.76. The molecule has 1 aromatic heterocycles. The molecule has 1 aromatic rings. The van der Waals surface area contributed by atoms with Gasteiger partial charge in [-0.15, -0.1) is 0 Å². The van der Waals surface area contributed by atoms with Gasteiger partial charge in [0.25, 0.3) is 0 Å². The van der Waals surface area contributed by atoms with Gasteiger partial charge < -0.3 is 10.2 Å². The lowest BCUT2D eigenvalue weighted by atomic mass is 10.2. The van der Waals surface area contributed by atoms with Crippen LogP contribution in [0.4, 0.5) is 5.69 Å². The summed E-state index contributed by atoms with van der Waals surface area (Å²) in [5.41, 5.74) is 0.557. The number of nitrogens with zero attached hydrogens (tertiary/aromatic N) is 2. The molecular formula is C14H24N4O2S. The van der Waals surface area contributed by atoms with Crippen LogP contribution in [0.2, 0.25) is 0 Å². The van der Waals surface area contributed by atoms with Gasteiger partial charge in [0.2, 0.25) is 10.0 Å². The summed E-state index contributed by atoms with van der Waals surface area (Å²) < 4.78 is 27.3. The highest BCUT2D eigenvalue weighted by atomic mass is 32.2. The average Bonchev–Trinajstić information content (AvgIpc) is 3.01. The summed E-state index contributed by atoms with van der Waals surface area (Å²) >= 11 is 0. The fourth-order valence-corrected chi connectivity index (χ4v) is 3.94. The molecule has 2 rings (SSSR count). The number of aromatic nitrogens is 1. The summed E-state index contributed by atoms with van der Waals surface area (Å²) in [5, 5.41) is 2.88. The predicted octanol–water partition coefficient (Wildman–Crippen LogP) is 1.28. The van der Waals surface area contributed by atoms with Gasteiger partial charge in [-0.1, -0.05) is 12.8 Å². The van der Waals surface area contributed by atoms with Gasteiger partial charge in [0.1, 0.15) is 4.90 Å². The van der Waals surface area contributed by atoms with Crippen LogP contribution in [0.15, 0.2) is 23.4 Å². The fraction of sp³-hybridized carbons (Fsp3) is 0.643. The van der Waals surface area contributed by atoms with Crippen molar-refractivity contribution in [3.05, 3.63) is 18.5 Å². The van der Waals surface area contributed by atoms with Crippen molar-refractivity contribution in [3.8, 4) is 0 Å². The van der Waals surface area contributed by atoms with Crippen molar-refractivity contribution in [1.82, 2.24) is 14.6 Å². The zero-order chi connectivity index (χ0) is 15.3. The van der Waals surface area contributed by atoms with Crippen molar-refractivity contribution in [2.75, 3.05) is 32.5 Å². The Hall–Kier alpha value is -1.18. The van der Waals surface area contributed by atoms with Crippen molar-refractivity contribution >= 4 is 15.7 Å². The van der Waals surface area contributed by atoms with Crippen LogP contribution in [0.25, 0.3) is 0 Å². The van der Waals surface area contributed by atoms with E-state index >= 15 is 0 Å². The Morgan fingerprint density at radius 1 is 1.38 bits per heavy atom. The number of hydrogen-bond donors (Lipinski definition) is 2. The molecule has 0 amide bonds. The van der Waals surface area contributed by atoms with Crippen LogP contribution >= 0.6 is 0 Å². The summed E-state index contributed by atoms with van der Waals surface area (Å²) in [6.07, 6.45) is 7.93. The summed E-state index contributed by atoms with van der Waals surface area (Å²) in [5.74, 6) is 0. The van der Waals surface area contributed by atoms with Crippen LogP contribution in [-0.2, 0) is 10.0 Å². The molecule has 0 radical (unpaired) electrons. The lowest BCUT2D eigenvalue weighted by molar-refractivity contribution is 0.250. The van der Waals surface area contributed by atoms with Crippen molar-refractivity contribution in [2.24, 2.45) is 0 Å². The molecule has 1 saturated carbocycles. The first-order valence-electron chi connectivity index (χ1n) is 7.36. The molecule has 0 bridgehead atoms. The lowest BCUT2D eigenvalue weighted by Gasteiger charge is -2.24. The molecule has 0 saturated heterocycles. The quantitative estimate of drug-likeness (QED) is 0.793. The largest absolute Gasteiger partial charge is 0.387 e. The van der Waals surface area contributed by atoms with Gasteiger partial charge in [-0.05, 0) is 26.0 Å². The van der Waals surface area contributed by atoms with E-state index < -0.39 is 10.0 Å². The van der Waals surface area contributed by atoms with E-state index in [2.05, 4.69) is 27.0 Å². The number of sulfonamides is 1. The smallest absolute Gasteiger partial charge is 0.244 e. The minimum atomic E-state index is -3.52. The number of anilines is 1. The highest BCUT2D eigenvalue weighted by molar-refractivity contribution is 7.89. The lowest BCUT2D eigenvalue weighted by Crippen LogP contribution is -2.37. The third-order valence-corrected chi connectivity index (χ3v) is 5.54. The highest BCUT2D eigenvalue weighted by Crippen LogP contribution is 2.22. The molecule has 1 aliphatic carbocycles. The highest BCUT2D eigenvalue weighted by Gasteiger charge is 2.21. The molecule has 0 spiro atoms. The average molecular weight is 312 g/mol. The second kappa shape index (κ2) is 7.20. The number of hydrogen-bond acceptors (Lipinski definition) is 5. The van der Waals surface area contributed by atoms with Crippen molar-refractivity contribution in [3.63, 3.8) is 0 Å². The topological polar surface area (TPSA) is 74.3 Å². The Labute approximate surface area is 127 Å². The third kappa shape index (κ3) is 4.15. The van der Waals surface area contributed by atoms with Crippen LogP contribution in [0.3, 0.4) is 0 Å². The van der Waals surface area contributed by atoms with Gasteiger partial charge in [0.15, 0.2) is 0 Å². The maximum absolute atomic E-state index is 12.3. The Kier molecular flexibility index (Phi) is 5.55. The third-order valence-electron chi connectivity index (χ3n) is 4.05. The summed E-state index contributed by atoms with van der Waals surface area (Å²) in [6.45, 7) is 1.13. The molecule has 1 fully saturated rings. The first-order chi connectivity index (χ1) is 10.0. The monoisotopic (exact) mass is 312 g/mol. The van der Waals surface area contributed by atoms with Gasteiger partial charge >= 0.3 is 0 Å². The second-order valence-corrected chi connectivity index (χ2v) is 7.17. The van der Waals surface area contributed by atoms with Crippen molar-refractivity contribution in [1.29, 1.82) is 0 Å². The van der Waals surface area contributed by atoms with E-state index in [0.29, 0.717) is 18.3 Å². The van der Waals surface area contributed by atoms with Crippen LogP contribution in [0, 0.1) is 0 Å². The molecule has 0 aliphatic heterocycles. The summed E-state index contributed by atoms with van der Waals surface area (Å²) in [6, 6.07) is 2.25. The van der Waals surface area contributed by atoms with Gasteiger partial charge in [0.05, 0.1) is 5.69 Å².